The van der Waals surface area contributed by atoms with E-state index in [2.05, 4.69) is 54.0 Å². The van der Waals surface area contributed by atoms with E-state index >= 15 is 0 Å². The van der Waals surface area contributed by atoms with Crippen LogP contribution >= 0.6 is 0 Å². The van der Waals surface area contributed by atoms with E-state index in [0.717, 1.165) is 39.4 Å². The van der Waals surface area contributed by atoms with Gasteiger partial charge in [-0.2, -0.15) is 8.78 Å². The molecular formula is C33H36F2N6O2Si. The van der Waals surface area contributed by atoms with E-state index in [0.29, 0.717) is 17.8 Å². The van der Waals surface area contributed by atoms with Gasteiger partial charge in [-0.1, -0.05) is 39.0 Å². The summed E-state index contributed by atoms with van der Waals surface area (Å²) in [4.78, 5) is 19.1. The van der Waals surface area contributed by atoms with Crippen LogP contribution in [0, 0.1) is 0 Å². The second-order valence-electron chi connectivity index (χ2n) is 13.7. The third-order valence-electron chi connectivity index (χ3n) is 9.47. The van der Waals surface area contributed by atoms with E-state index < -0.39 is 20.5 Å². The maximum Gasteiger partial charge on any atom is 0.387 e. The maximum absolute atomic E-state index is 13.6. The first-order chi connectivity index (χ1) is 20.7. The van der Waals surface area contributed by atoms with Crippen molar-refractivity contribution < 1.29 is 17.9 Å². The summed E-state index contributed by atoms with van der Waals surface area (Å²) in [7, 11) is -2.05. The second kappa shape index (κ2) is 9.77. The van der Waals surface area contributed by atoms with Gasteiger partial charge in [0.2, 0.25) is 0 Å². The fraction of sp³-hybridized carbons (Fsp3) is 0.394. The SMILES string of the molecule is CC(C)(O[Si](C)(C)C(C)(C)C)c1ncc(-c2ccc3nc4n(c3c2)[C@@H]2C[C@H]4n3ccnc3-c3cccc(OC(F)F)c32)cn1. The van der Waals surface area contributed by atoms with E-state index in [-0.39, 0.29) is 22.9 Å². The van der Waals surface area contributed by atoms with Gasteiger partial charge in [-0.15, -0.1) is 0 Å². The normalized spacial score (nSPS) is 17.9. The first kappa shape index (κ1) is 28.8. The number of hydrogen-bond donors (Lipinski definition) is 0. The third-order valence-corrected chi connectivity index (χ3v) is 14.1. The Balaban J connectivity index is 1.30. The van der Waals surface area contributed by atoms with E-state index in [1.165, 1.54) is 0 Å². The van der Waals surface area contributed by atoms with Gasteiger partial charge in [0.1, 0.15) is 23.0 Å². The van der Waals surface area contributed by atoms with Crippen molar-refractivity contribution in [2.75, 3.05) is 0 Å². The summed E-state index contributed by atoms with van der Waals surface area (Å²) in [6.07, 6.45) is 8.01. The van der Waals surface area contributed by atoms with Crippen LogP contribution < -0.4 is 4.74 Å². The molecule has 2 aromatic carbocycles. The first-order valence-corrected chi connectivity index (χ1v) is 17.8. The van der Waals surface area contributed by atoms with Crippen LogP contribution in [0.25, 0.3) is 33.5 Å². The molecule has 44 heavy (non-hydrogen) atoms. The number of aromatic nitrogens is 6. The Labute approximate surface area is 256 Å². The van der Waals surface area contributed by atoms with Crippen molar-refractivity contribution in [2.24, 2.45) is 0 Å². The van der Waals surface area contributed by atoms with Crippen LogP contribution in [0.2, 0.25) is 18.1 Å². The van der Waals surface area contributed by atoms with Crippen molar-refractivity contribution in [1.82, 2.24) is 29.1 Å². The minimum Gasteiger partial charge on any atom is -0.434 e. The highest BCUT2D eigenvalue weighted by atomic mass is 28.4. The van der Waals surface area contributed by atoms with Crippen LogP contribution in [-0.2, 0) is 10.0 Å². The van der Waals surface area contributed by atoms with Crippen LogP contribution in [0.15, 0.2) is 61.2 Å². The summed E-state index contributed by atoms with van der Waals surface area (Å²) in [5.74, 6) is 2.40. The molecule has 0 saturated carbocycles. The molecule has 5 heterocycles. The molecule has 0 saturated heterocycles. The molecule has 3 aromatic heterocycles. The van der Waals surface area contributed by atoms with Gasteiger partial charge < -0.3 is 18.3 Å². The first-order valence-electron chi connectivity index (χ1n) is 14.9. The molecule has 2 aliphatic heterocycles. The van der Waals surface area contributed by atoms with Crippen LogP contribution in [0.4, 0.5) is 8.78 Å². The molecule has 0 amide bonds. The average Bonchev–Trinajstić information content (AvgIpc) is 3.63. The highest BCUT2D eigenvalue weighted by molar-refractivity contribution is 6.74. The van der Waals surface area contributed by atoms with E-state index in [9.17, 15) is 8.78 Å². The summed E-state index contributed by atoms with van der Waals surface area (Å²) in [6, 6.07) is 11.0. The van der Waals surface area contributed by atoms with Gasteiger partial charge in [0.05, 0.1) is 23.1 Å². The fourth-order valence-corrected chi connectivity index (χ4v) is 8.11. The molecule has 0 N–H and O–H groups in total. The third kappa shape index (κ3) is 4.47. The van der Waals surface area contributed by atoms with Crippen molar-refractivity contribution in [3.05, 3.63) is 78.4 Å². The lowest BCUT2D eigenvalue weighted by Gasteiger charge is -2.42. The zero-order valence-corrected chi connectivity index (χ0v) is 27.0. The Kier molecular flexibility index (Phi) is 6.39. The van der Waals surface area contributed by atoms with Crippen LogP contribution in [0.3, 0.4) is 0 Å². The lowest BCUT2D eigenvalue weighted by molar-refractivity contribution is -0.0506. The van der Waals surface area contributed by atoms with Crippen LogP contribution in [0.1, 0.15) is 70.3 Å². The molecule has 2 aliphatic rings. The number of halogens is 2. The predicted octanol–water partition coefficient (Wildman–Crippen LogP) is 8.11. The van der Waals surface area contributed by atoms with Gasteiger partial charge in [0.25, 0.3) is 0 Å². The summed E-state index contributed by atoms with van der Waals surface area (Å²) < 4.78 is 43.1. The van der Waals surface area contributed by atoms with Crippen LogP contribution in [-0.4, -0.2) is 44.0 Å². The van der Waals surface area contributed by atoms with Crippen molar-refractivity contribution in [3.63, 3.8) is 0 Å². The highest BCUT2D eigenvalue weighted by Gasteiger charge is 2.44. The van der Waals surface area contributed by atoms with Gasteiger partial charge in [-0.25, -0.2) is 19.9 Å². The summed E-state index contributed by atoms with van der Waals surface area (Å²) >= 11 is 0. The number of rotatable bonds is 6. The fourth-order valence-electron chi connectivity index (χ4n) is 6.44. The van der Waals surface area contributed by atoms with E-state index in [4.69, 9.17) is 24.1 Å². The standard InChI is InChI=1S/C33H36F2N6O2Si/c1-32(2,3)44(6,7)43-33(4,5)30-37-17-20(18-38-30)19-11-12-22-23(15-19)41-24-16-25(29(41)39-22)40-14-13-36-28(40)21-9-8-10-26(27(21)24)42-31(34)35/h8-15,17-18,24-25,31H,16H2,1-7H3/t24-,25-/m1/s1. The molecule has 11 heteroatoms. The molecular weight excluding hydrogens is 578 g/mol. The Hall–Kier alpha value is -3.96. The number of fused-ring (bicyclic) bond motifs is 6. The quantitative estimate of drug-likeness (QED) is 0.180. The molecule has 228 valence electrons. The van der Waals surface area contributed by atoms with Crippen molar-refractivity contribution >= 4 is 19.4 Å². The minimum atomic E-state index is -2.94. The van der Waals surface area contributed by atoms with Gasteiger partial charge in [0, 0.05) is 47.9 Å². The zero-order valence-electron chi connectivity index (χ0n) is 26.0. The monoisotopic (exact) mass is 614 g/mol. The Morgan fingerprint density at radius 2 is 1.70 bits per heavy atom. The molecule has 0 spiro atoms. The van der Waals surface area contributed by atoms with E-state index in [1.807, 2.05) is 50.6 Å². The number of alkyl halides is 2. The molecule has 2 bridgehead atoms. The van der Waals surface area contributed by atoms with Gasteiger partial charge >= 0.3 is 6.61 Å². The van der Waals surface area contributed by atoms with Crippen molar-refractivity contribution in [3.8, 4) is 28.3 Å². The average molecular weight is 615 g/mol. The van der Waals surface area contributed by atoms with Crippen LogP contribution in [0.5, 0.6) is 5.75 Å². The number of ether oxygens (including phenoxy) is 1. The number of imidazole rings is 2. The van der Waals surface area contributed by atoms with Gasteiger partial charge in [-0.3, -0.25) is 0 Å². The van der Waals surface area contributed by atoms with Crippen molar-refractivity contribution in [2.45, 2.75) is 83.5 Å². The van der Waals surface area contributed by atoms with Gasteiger partial charge in [0.15, 0.2) is 14.1 Å². The highest BCUT2D eigenvalue weighted by Crippen LogP contribution is 2.52. The second-order valence-corrected chi connectivity index (χ2v) is 18.5. The lowest BCUT2D eigenvalue weighted by Crippen LogP contribution is -2.46. The molecule has 0 aliphatic carbocycles. The largest absolute Gasteiger partial charge is 0.434 e. The molecule has 2 atom stereocenters. The molecule has 8 nitrogen and oxygen atoms in total. The zero-order chi connectivity index (χ0) is 31.2. The Bertz CT molecular complexity index is 1890. The minimum absolute atomic E-state index is 0.0642. The molecule has 0 radical (unpaired) electrons. The smallest absolute Gasteiger partial charge is 0.387 e. The lowest BCUT2D eigenvalue weighted by atomic mass is 9.97. The van der Waals surface area contributed by atoms with Gasteiger partial charge in [-0.05, 0) is 55.7 Å². The Morgan fingerprint density at radius 1 is 0.955 bits per heavy atom. The number of benzene rings is 2. The predicted molar refractivity (Wildman–Crippen MR) is 167 cm³/mol. The molecule has 7 rings (SSSR count). The number of nitrogens with zero attached hydrogens (tertiary/aromatic N) is 6. The summed E-state index contributed by atoms with van der Waals surface area (Å²) in [5, 5.41) is 0.0642. The van der Waals surface area contributed by atoms with E-state index in [1.54, 1.807) is 18.3 Å². The maximum atomic E-state index is 13.6. The summed E-state index contributed by atoms with van der Waals surface area (Å²) in [5.41, 5.74) is 4.40. The summed E-state index contributed by atoms with van der Waals surface area (Å²) in [6.45, 7) is 12.2. The molecule has 0 fully saturated rings. The molecule has 0 unspecified atom stereocenters. The topological polar surface area (TPSA) is 79.9 Å². The molecule has 5 aromatic rings. The van der Waals surface area contributed by atoms with Crippen molar-refractivity contribution in [1.29, 1.82) is 0 Å². The number of hydrogen-bond acceptors (Lipinski definition) is 6. The Morgan fingerprint density at radius 3 is 2.41 bits per heavy atom.